The van der Waals surface area contributed by atoms with Crippen LogP contribution in [-0.2, 0) is 11.2 Å². The zero-order valence-electron chi connectivity index (χ0n) is 8.85. The van der Waals surface area contributed by atoms with Gasteiger partial charge in [0, 0.05) is 12.5 Å². The summed E-state index contributed by atoms with van der Waals surface area (Å²) in [4.78, 5) is 4.26. The van der Waals surface area contributed by atoms with Crippen LogP contribution in [0.5, 0.6) is 0 Å². The van der Waals surface area contributed by atoms with Crippen LogP contribution in [0.1, 0.15) is 37.4 Å². The van der Waals surface area contributed by atoms with Gasteiger partial charge in [-0.2, -0.15) is 4.98 Å². The van der Waals surface area contributed by atoms with Gasteiger partial charge in [-0.15, -0.1) is 0 Å². The van der Waals surface area contributed by atoms with Crippen LogP contribution < -0.4 is 0 Å². The summed E-state index contributed by atoms with van der Waals surface area (Å²) < 4.78 is 10.4. The molecule has 0 amide bonds. The Labute approximate surface area is 88.4 Å². The third-order valence-corrected chi connectivity index (χ3v) is 2.48. The number of hydrogen-bond acceptors (Lipinski definition) is 5. The van der Waals surface area contributed by atoms with E-state index in [1.807, 2.05) is 0 Å². The van der Waals surface area contributed by atoms with Gasteiger partial charge in [-0.1, -0.05) is 5.16 Å². The molecule has 5 nitrogen and oxygen atoms in total. The lowest BCUT2D eigenvalue weighted by Gasteiger charge is -2.18. The van der Waals surface area contributed by atoms with Crippen molar-refractivity contribution in [1.82, 2.24) is 10.1 Å². The molecule has 1 aromatic rings. The molecule has 0 aromatic carbocycles. The molecule has 2 heterocycles. The topological polar surface area (TPSA) is 68.4 Å². The first-order valence-corrected chi connectivity index (χ1v) is 5.34. The number of nitrogens with zero attached hydrogens (tertiary/aromatic N) is 2. The Hall–Kier alpha value is -0.940. The molecule has 0 radical (unpaired) electrons. The van der Waals surface area contributed by atoms with Crippen LogP contribution >= 0.6 is 0 Å². The fourth-order valence-corrected chi connectivity index (χ4v) is 1.71. The van der Waals surface area contributed by atoms with Crippen molar-refractivity contribution < 1.29 is 14.4 Å². The molecule has 0 aliphatic carbocycles. The van der Waals surface area contributed by atoms with Gasteiger partial charge in [0.15, 0.2) is 5.82 Å². The Morgan fingerprint density at radius 2 is 2.47 bits per heavy atom. The molecular formula is C10H16N2O3. The van der Waals surface area contributed by atoms with Gasteiger partial charge in [0.25, 0.3) is 0 Å². The maximum atomic E-state index is 9.17. The minimum Gasteiger partial charge on any atom is -0.393 e. The fourth-order valence-electron chi connectivity index (χ4n) is 1.71. The molecule has 1 aliphatic rings. The van der Waals surface area contributed by atoms with E-state index < -0.39 is 6.10 Å². The highest BCUT2D eigenvalue weighted by atomic mass is 16.5. The minimum atomic E-state index is -0.444. The van der Waals surface area contributed by atoms with E-state index in [4.69, 9.17) is 9.26 Å². The Morgan fingerprint density at radius 1 is 1.60 bits per heavy atom. The van der Waals surface area contributed by atoms with Crippen LogP contribution in [0, 0.1) is 0 Å². The van der Waals surface area contributed by atoms with Crippen LogP contribution in [0.2, 0.25) is 0 Å². The molecule has 1 saturated heterocycles. The zero-order chi connectivity index (χ0) is 10.7. The number of aromatic nitrogens is 2. The van der Waals surface area contributed by atoms with Gasteiger partial charge in [-0.05, 0) is 19.8 Å². The second-order valence-electron chi connectivity index (χ2n) is 4.01. The largest absolute Gasteiger partial charge is 0.393 e. The van der Waals surface area contributed by atoms with Crippen LogP contribution in [0.4, 0.5) is 0 Å². The summed E-state index contributed by atoms with van der Waals surface area (Å²) in [5.74, 6) is 1.47. The maximum absolute atomic E-state index is 9.17. The van der Waals surface area contributed by atoms with Gasteiger partial charge in [0.05, 0.1) is 19.1 Å². The highest BCUT2D eigenvalue weighted by molar-refractivity contribution is 4.97. The molecule has 2 rings (SSSR count). The Morgan fingerprint density at radius 3 is 3.13 bits per heavy atom. The first-order valence-electron chi connectivity index (χ1n) is 5.34. The van der Waals surface area contributed by atoms with Crippen molar-refractivity contribution in [2.24, 2.45) is 0 Å². The molecule has 15 heavy (non-hydrogen) atoms. The quantitative estimate of drug-likeness (QED) is 0.805. The molecule has 0 spiro atoms. The average molecular weight is 212 g/mol. The molecule has 0 saturated carbocycles. The first kappa shape index (κ1) is 10.6. The standard InChI is InChI=1S/C10H16N2O3/c1-7(13)5-9-11-10(12-15-9)8-3-2-4-14-6-8/h7-8,13H,2-6H2,1H3. The van der Waals surface area contributed by atoms with Gasteiger partial charge < -0.3 is 14.4 Å². The van der Waals surface area contributed by atoms with Crippen molar-refractivity contribution in [2.75, 3.05) is 13.2 Å². The second-order valence-corrected chi connectivity index (χ2v) is 4.01. The lowest BCUT2D eigenvalue weighted by Crippen LogP contribution is -2.16. The van der Waals surface area contributed by atoms with Crippen LogP contribution in [0.25, 0.3) is 0 Å². The predicted molar refractivity (Wildman–Crippen MR) is 52.5 cm³/mol. The van der Waals surface area contributed by atoms with Crippen LogP contribution in [-0.4, -0.2) is 34.6 Å². The van der Waals surface area contributed by atoms with E-state index in [1.54, 1.807) is 6.92 Å². The van der Waals surface area contributed by atoms with E-state index in [2.05, 4.69) is 10.1 Å². The van der Waals surface area contributed by atoms with Crippen LogP contribution in [0.3, 0.4) is 0 Å². The SMILES string of the molecule is CC(O)Cc1nc(C2CCCOC2)no1. The molecule has 1 aliphatic heterocycles. The maximum Gasteiger partial charge on any atom is 0.229 e. The van der Waals surface area contributed by atoms with E-state index >= 15 is 0 Å². The molecular weight excluding hydrogens is 196 g/mol. The zero-order valence-corrected chi connectivity index (χ0v) is 8.85. The summed E-state index contributed by atoms with van der Waals surface area (Å²) >= 11 is 0. The molecule has 2 atom stereocenters. The predicted octanol–water partition coefficient (Wildman–Crippen LogP) is 0.887. The Balaban J connectivity index is 1.99. The minimum absolute atomic E-state index is 0.255. The third-order valence-electron chi connectivity index (χ3n) is 2.48. The smallest absolute Gasteiger partial charge is 0.229 e. The molecule has 0 bridgehead atoms. The van der Waals surface area contributed by atoms with E-state index in [9.17, 15) is 5.11 Å². The Bertz CT molecular complexity index is 305. The monoisotopic (exact) mass is 212 g/mol. The summed E-state index contributed by atoms with van der Waals surface area (Å²) in [7, 11) is 0. The van der Waals surface area contributed by atoms with E-state index in [1.165, 1.54) is 0 Å². The molecule has 1 aromatic heterocycles. The van der Waals surface area contributed by atoms with Crippen molar-refractivity contribution in [3.05, 3.63) is 11.7 Å². The number of aliphatic hydroxyl groups is 1. The summed E-state index contributed by atoms with van der Waals surface area (Å²) in [5.41, 5.74) is 0. The molecule has 84 valence electrons. The summed E-state index contributed by atoms with van der Waals surface area (Å²) in [6.07, 6.45) is 2.07. The second kappa shape index (κ2) is 4.72. The van der Waals surface area contributed by atoms with Gasteiger partial charge in [0.2, 0.25) is 5.89 Å². The van der Waals surface area contributed by atoms with Gasteiger partial charge >= 0.3 is 0 Å². The Kier molecular flexibility index (Phi) is 3.33. The first-order chi connectivity index (χ1) is 7.25. The van der Waals surface area contributed by atoms with Crippen molar-refractivity contribution in [3.63, 3.8) is 0 Å². The molecule has 1 fully saturated rings. The lowest BCUT2D eigenvalue weighted by atomic mass is 10.0. The summed E-state index contributed by atoms with van der Waals surface area (Å²) in [5, 5.41) is 13.1. The number of aliphatic hydroxyl groups excluding tert-OH is 1. The fraction of sp³-hybridized carbons (Fsp3) is 0.800. The highest BCUT2D eigenvalue weighted by Crippen LogP contribution is 2.22. The summed E-state index contributed by atoms with van der Waals surface area (Å²) in [6, 6.07) is 0. The number of hydrogen-bond donors (Lipinski definition) is 1. The van der Waals surface area contributed by atoms with Crippen molar-refractivity contribution in [1.29, 1.82) is 0 Å². The van der Waals surface area contributed by atoms with Gasteiger partial charge in [0.1, 0.15) is 0 Å². The lowest BCUT2D eigenvalue weighted by molar-refractivity contribution is 0.0773. The van der Waals surface area contributed by atoms with E-state index in [-0.39, 0.29) is 5.92 Å². The third kappa shape index (κ3) is 2.76. The molecule has 5 heteroatoms. The number of rotatable bonds is 3. The van der Waals surface area contributed by atoms with Gasteiger partial charge in [-0.25, -0.2) is 0 Å². The normalized spacial score (nSPS) is 24.0. The van der Waals surface area contributed by atoms with E-state index in [0.29, 0.717) is 24.7 Å². The van der Waals surface area contributed by atoms with Crippen molar-refractivity contribution in [3.8, 4) is 0 Å². The molecule has 2 unspecified atom stereocenters. The van der Waals surface area contributed by atoms with Crippen LogP contribution in [0.15, 0.2) is 4.52 Å². The average Bonchev–Trinajstić information content (AvgIpc) is 2.67. The molecule has 1 N–H and O–H groups in total. The van der Waals surface area contributed by atoms with E-state index in [0.717, 1.165) is 19.4 Å². The summed E-state index contributed by atoms with van der Waals surface area (Å²) in [6.45, 7) is 3.20. The highest BCUT2D eigenvalue weighted by Gasteiger charge is 2.21. The van der Waals surface area contributed by atoms with Crippen molar-refractivity contribution >= 4 is 0 Å². The van der Waals surface area contributed by atoms with Crippen molar-refractivity contribution in [2.45, 2.75) is 38.2 Å². The number of ether oxygens (including phenoxy) is 1. The van der Waals surface area contributed by atoms with Gasteiger partial charge in [-0.3, -0.25) is 0 Å².